The van der Waals surface area contributed by atoms with E-state index in [1.54, 1.807) is 7.11 Å². The van der Waals surface area contributed by atoms with E-state index >= 15 is 0 Å². The highest BCUT2D eigenvalue weighted by Crippen LogP contribution is 2.39. The number of rotatable bonds is 3. The molecule has 0 unspecified atom stereocenters. The van der Waals surface area contributed by atoms with E-state index in [0.717, 1.165) is 51.1 Å². The van der Waals surface area contributed by atoms with Crippen LogP contribution in [0.25, 0.3) is 10.9 Å². The third-order valence-corrected chi connectivity index (χ3v) is 6.62. The second kappa shape index (κ2) is 8.32. The minimum atomic E-state index is -0.196. The Kier molecular flexibility index (Phi) is 5.33. The zero-order chi connectivity index (χ0) is 23.1. The number of aryl methyl sites for hydroxylation is 3. The Hall–Kier alpha value is -3.73. The standard InChI is InChI=1S/C28H29N3O2/c1-17-6-9-20(10-7-17)27-26-22(23-16-21(33-4)11-12-24(23)29-26)13-14-31(27)28(32)30-25-15-18(2)5-8-19(25)3/h5-12,15-16,27,29H,13-14H2,1-4H3,(H,30,32)/t27-/m1/s1. The van der Waals surface area contributed by atoms with Gasteiger partial charge in [-0.2, -0.15) is 0 Å². The number of nitrogens with one attached hydrogen (secondary N) is 2. The third kappa shape index (κ3) is 3.84. The first-order chi connectivity index (χ1) is 15.9. The average molecular weight is 440 g/mol. The first kappa shape index (κ1) is 21.1. The number of amides is 2. The lowest BCUT2D eigenvalue weighted by Gasteiger charge is -2.36. The molecular weight excluding hydrogens is 410 g/mol. The maximum atomic E-state index is 13.6. The highest BCUT2D eigenvalue weighted by Gasteiger charge is 2.34. The van der Waals surface area contributed by atoms with Gasteiger partial charge in [0.15, 0.2) is 0 Å². The minimum Gasteiger partial charge on any atom is -0.497 e. The van der Waals surface area contributed by atoms with Gasteiger partial charge in [0.25, 0.3) is 0 Å². The molecule has 0 aliphatic carbocycles. The molecule has 4 aromatic rings. The number of nitrogens with zero attached hydrogens (tertiary/aromatic N) is 1. The molecule has 1 atom stereocenters. The molecule has 5 heteroatoms. The van der Waals surface area contributed by atoms with Crippen molar-refractivity contribution in [1.29, 1.82) is 0 Å². The molecule has 168 valence electrons. The number of aromatic amines is 1. The second-order valence-corrected chi connectivity index (χ2v) is 8.93. The summed E-state index contributed by atoms with van der Waals surface area (Å²) in [6.07, 6.45) is 0.783. The summed E-state index contributed by atoms with van der Waals surface area (Å²) >= 11 is 0. The van der Waals surface area contributed by atoms with E-state index in [-0.39, 0.29) is 12.1 Å². The van der Waals surface area contributed by atoms with Crippen LogP contribution in [0.1, 0.15) is 39.6 Å². The molecule has 2 N–H and O–H groups in total. The Morgan fingerprint density at radius 2 is 1.76 bits per heavy atom. The summed E-state index contributed by atoms with van der Waals surface area (Å²) < 4.78 is 5.47. The number of aromatic nitrogens is 1. The van der Waals surface area contributed by atoms with Crippen molar-refractivity contribution >= 4 is 22.6 Å². The van der Waals surface area contributed by atoms with Crippen molar-refractivity contribution in [1.82, 2.24) is 9.88 Å². The molecule has 33 heavy (non-hydrogen) atoms. The number of anilines is 1. The van der Waals surface area contributed by atoms with Crippen LogP contribution in [-0.4, -0.2) is 29.6 Å². The van der Waals surface area contributed by atoms with E-state index < -0.39 is 0 Å². The molecule has 0 saturated heterocycles. The number of H-pyrrole nitrogens is 1. The number of benzene rings is 3. The molecule has 0 bridgehead atoms. The molecule has 0 spiro atoms. The quantitative estimate of drug-likeness (QED) is 0.395. The minimum absolute atomic E-state index is 0.0869. The van der Waals surface area contributed by atoms with E-state index in [2.05, 4.69) is 59.7 Å². The van der Waals surface area contributed by atoms with Gasteiger partial charge in [-0.1, -0.05) is 42.0 Å². The number of urea groups is 1. The Labute approximate surface area is 194 Å². The summed E-state index contributed by atoms with van der Waals surface area (Å²) in [5, 5.41) is 4.33. The lowest BCUT2D eigenvalue weighted by atomic mass is 9.92. The predicted molar refractivity (Wildman–Crippen MR) is 133 cm³/mol. The van der Waals surface area contributed by atoms with Crippen LogP contribution in [0.4, 0.5) is 10.5 Å². The van der Waals surface area contributed by atoms with Crippen molar-refractivity contribution in [2.45, 2.75) is 33.2 Å². The Morgan fingerprint density at radius 1 is 1.00 bits per heavy atom. The van der Waals surface area contributed by atoms with Gasteiger partial charge >= 0.3 is 6.03 Å². The van der Waals surface area contributed by atoms with Crippen LogP contribution in [-0.2, 0) is 6.42 Å². The summed E-state index contributed by atoms with van der Waals surface area (Å²) in [4.78, 5) is 19.2. The largest absolute Gasteiger partial charge is 0.497 e. The van der Waals surface area contributed by atoms with E-state index in [1.807, 2.05) is 36.9 Å². The van der Waals surface area contributed by atoms with Crippen LogP contribution in [0, 0.1) is 20.8 Å². The normalized spacial score (nSPS) is 15.4. The van der Waals surface area contributed by atoms with Crippen molar-refractivity contribution in [2.75, 3.05) is 19.0 Å². The van der Waals surface area contributed by atoms with Gasteiger partial charge in [0, 0.05) is 28.8 Å². The fourth-order valence-corrected chi connectivity index (χ4v) is 4.77. The van der Waals surface area contributed by atoms with Crippen molar-refractivity contribution in [2.24, 2.45) is 0 Å². The number of ether oxygens (including phenoxy) is 1. The highest BCUT2D eigenvalue weighted by molar-refractivity contribution is 5.92. The van der Waals surface area contributed by atoms with Crippen LogP contribution in [0.3, 0.4) is 0 Å². The molecule has 0 radical (unpaired) electrons. The summed E-state index contributed by atoms with van der Waals surface area (Å²) in [6, 6.07) is 20.4. The van der Waals surface area contributed by atoms with E-state index in [4.69, 9.17) is 4.74 Å². The molecule has 0 saturated carbocycles. The molecule has 0 fully saturated rings. The van der Waals surface area contributed by atoms with Gasteiger partial charge in [-0.05, 0) is 73.7 Å². The highest BCUT2D eigenvalue weighted by atomic mass is 16.5. The van der Waals surface area contributed by atoms with Crippen LogP contribution in [0.2, 0.25) is 0 Å². The molecule has 2 heterocycles. The fourth-order valence-electron chi connectivity index (χ4n) is 4.77. The second-order valence-electron chi connectivity index (χ2n) is 8.93. The fraction of sp³-hybridized carbons (Fsp3) is 0.250. The van der Waals surface area contributed by atoms with Crippen LogP contribution in [0.5, 0.6) is 5.75 Å². The summed E-state index contributed by atoms with van der Waals surface area (Å²) in [7, 11) is 1.69. The lowest BCUT2D eigenvalue weighted by molar-refractivity contribution is 0.193. The molecule has 2 amide bonds. The van der Waals surface area contributed by atoms with Gasteiger partial charge < -0.3 is 19.9 Å². The molecule has 1 aliphatic heterocycles. The zero-order valence-electron chi connectivity index (χ0n) is 19.5. The molecule has 1 aromatic heterocycles. The molecular formula is C28H29N3O2. The third-order valence-electron chi connectivity index (χ3n) is 6.62. The number of carbonyl (C=O) groups is 1. The Bertz CT molecular complexity index is 1340. The average Bonchev–Trinajstić information content (AvgIpc) is 3.19. The van der Waals surface area contributed by atoms with Gasteiger partial charge in [-0.25, -0.2) is 4.79 Å². The lowest BCUT2D eigenvalue weighted by Crippen LogP contribution is -2.43. The maximum absolute atomic E-state index is 13.6. The topological polar surface area (TPSA) is 57.4 Å². The molecule has 5 nitrogen and oxygen atoms in total. The van der Waals surface area contributed by atoms with E-state index in [9.17, 15) is 4.79 Å². The van der Waals surface area contributed by atoms with Crippen molar-refractivity contribution < 1.29 is 9.53 Å². The maximum Gasteiger partial charge on any atom is 0.322 e. The van der Waals surface area contributed by atoms with E-state index in [0.29, 0.717) is 6.54 Å². The number of fused-ring (bicyclic) bond motifs is 3. The summed E-state index contributed by atoms with van der Waals surface area (Å²) in [5.41, 5.74) is 8.71. The molecule has 5 rings (SSSR count). The van der Waals surface area contributed by atoms with Crippen LogP contribution < -0.4 is 10.1 Å². The Morgan fingerprint density at radius 3 is 2.52 bits per heavy atom. The van der Waals surface area contributed by atoms with Gasteiger partial charge in [0.2, 0.25) is 0 Å². The number of hydrogen-bond donors (Lipinski definition) is 2. The number of carbonyl (C=O) groups excluding carboxylic acids is 1. The smallest absolute Gasteiger partial charge is 0.322 e. The number of hydrogen-bond acceptors (Lipinski definition) is 2. The van der Waals surface area contributed by atoms with E-state index in [1.165, 1.54) is 11.1 Å². The number of methoxy groups -OCH3 is 1. The van der Waals surface area contributed by atoms with Crippen LogP contribution >= 0.6 is 0 Å². The first-order valence-corrected chi connectivity index (χ1v) is 11.3. The van der Waals surface area contributed by atoms with Gasteiger partial charge in [0.05, 0.1) is 13.2 Å². The van der Waals surface area contributed by atoms with Gasteiger partial charge in [-0.15, -0.1) is 0 Å². The summed E-state index contributed by atoms with van der Waals surface area (Å²) in [5.74, 6) is 0.839. The summed E-state index contributed by atoms with van der Waals surface area (Å²) in [6.45, 7) is 6.77. The Balaban J connectivity index is 1.59. The van der Waals surface area contributed by atoms with Gasteiger partial charge in [0.1, 0.15) is 5.75 Å². The molecule has 1 aliphatic rings. The zero-order valence-corrected chi connectivity index (χ0v) is 19.5. The predicted octanol–water partition coefficient (Wildman–Crippen LogP) is 6.28. The van der Waals surface area contributed by atoms with Crippen molar-refractivity contribution in [3.05, 3.63) is 94.2 Å². The molecule has 3 aromatic carbocycles. The van der Waals surface area contributed by atoms with Gasteiger partial charge in [-0.3, -0.25) is 0 Å². The van der Waals surface area contributed by atoms with Crippen LogP contribution in [0.15, 0.2) is 60.7 Å². The SMILES string of the molecule is COc1ccc2[nH]c3c(c2c1)CCN(C(=O)Nc1cc(C)ccc1C)[C@@H]3c1ccc(C)cc1. The van der Waals surface area contributed by atoms with Crippen molar-refractivity contribution in [3.8, 4) is 5.75 Å². The monoisotopic (exact) mass is 439 g/mol. The first-order valence-electron chi connectivity index (χ1n) is 11.3. The van der Waals surface area contributed by atoms with Crippen molar-refractivity contribution in [3.63, 3.8) is 0 Å².